The van der Waals surface area contributed by atoms with Crippen LogP contribution in [0, 0.1) is 0 Å². The van der Waals surface area contributed by atoms with Gasteiger partial charge < -0.3 is 88.7 Å². The van der Waals surface area contributed by atoms with Crippen LogP contribution >= 0.6 is 7.82 Å². The standard InChI is InChI=1S/C89H163O25P/c1-5-9-13-17-21-25-29-33-35-39-42-45-49-53-57-61-72(91)105-66-69(108-74(93)63-59-55-51-47-43-38-32-28-24-20-16-12-8-4)67-107-115(103,104)114-87-85(112-88-82(101)78(97)76(95)70(65-90)109-88)81(100)80(99)84(111-75(94)64-60-56-52-48-44-40-36-34-30-26-22-18-14-10-6-2)86(87)113-89-83(102)79(98)77(96)71(110-89)68-106-73(92)62-58-54-50-46-41-37-31-27-23-19-15-11-7-3/h25-26,29-30,69-71,76-90,95-102H,5-24,27-28,31-68H2,1-4H3,(H,103,104)/b29-25-,30-26-. The number of unbranched alkanes of at least 4 members (excludes halogenated alkanes) is 46. The second-order valence-electron chi connectivity index (χ2n) is 32.8. The Balaban J connectivity index is 1.93. The average molecular weight is 1660 g/mol. The lowest BCUT2D eigenvalue weighted by atomic mass is 9.84. The van der Waals surface area contributed by atoms with E-state index in [1.54, 1.807) is 0 Å². The van der Waals surface area contributed by atoms with Gasteiger partial charge in [0.1, 0.15) is 92.6 Å². The lowest BCUT2D eigenvalue weighted by Crippen LogP contribution is -2.70. The fraction of sp³-hybridized carbons (Fsp3) is 0.910. The minimum Gasteiger partial charge on any atom is -0.463 e. The predicted octanol–water partition coefficient (Wildman–Crippen LogP) is 16.5. The van der Waals surface area contributed by atoms with Gasteiger partial charge in [0, 0.05) is 25.7 Å². The summed E-state index contributed by atoms with van der Waals surface area (Å²) in [7, 11) is -5.81. The molecule has 3 fully saturated rings. The van der Waals surface area contributed by atoms with Gasteiger partial charge in [0.05, 0.1) is 13.2 Å². The van der Waals surface area contributed by atoms with Crippen LogP contribution in [0.3, 0.4) is 0 Å². The molecule has 2 aliphatic heterocycles. The highest BCUT2D eigenvalue weighted by Gasteiger charge is 2.60. The van der Waals surface area contributed by atoms with E-state index in [0.717, 1.165) is 161 Å². The van der Waals surface area contributed by atoms with Gasteiger partial charge in [0.15, 0.2) is 24.8 Å². The Kier molecular flexibility index (Phi) is 63.2. The molecule has 18 atom stereocenters. The van der Waals surface area contributed by atoms with Crippen molar-refractivity contribution in [3.63, 3.8) is 0 Å². The van der Waals surface area contributed by atoms with Gasteiger partial charge in [-0.05, 0) is 77.0 Å². The molecule has 0 aromatic heterocycles. The molecular formula is C89H163O25P. The second kappa shape index (κ2) is 68.5. The Morgan fingerprint density at radius 1 is 0.339 bits per heavy atom. The number of aliphatic hydroxyl groups excluding tert-OH is 9. The maximum atomic E-state index is 14.9. The zero-order valence-electron chi connectivity index (χ0n) is 71.6. The molecule has 0 amide bonds. The van der Waals surface area contributed by atoms with Crippen molar-refractivity contribution in [2.45, 2.75) is 491 Å². The van der Waals surface area contributed by atoms with Crippen molar-refractivity contribution in [3.05, 3.63) is 24.3 Å². The van der Waals surface area contributed by atoms with Gasteiger partial charge >= 0.3 is 31.7 Å². The molecule has 0 bridgehead atoms. The molecule has 3 rings (SSSR count). The number of aliphatic hydroxyl groups is 9. The molecule has 0 spiro atoms. The molecule has 2 heterocycles. The van der Waals surface area contributed by atoms with Gasteiger partial charge in [-0.1, -0.05) is 309 Å². The Labute approximate surface area is 692 Å². The summed E-state index contributed by atoms with van der Waals surface area (Å²) >= 11 is 0. The number of hydrogen-bond donors (Lipinski definition) is 10. The molecule has 2 saturated heterocycles. The van der Waals surface area contributed by atoms with E-state index in [4.69, 9.17) is 46.9 Å². The van der Waals surface area contributed by atoms with Crippen LogP contribution in [0.1, 0.15) is 387 Å². The molecule has 1 saturated carbocycles. The van der Waals surface area contributed by atoms with Crippen LogP contribution in [0.25, 0.3) is 0 Å². The van der Waals surface area contributed by atoms with E-state index in [0.29, 0.717) is 32.1 Å². The van der Waals surface area contributed by atoms with Crippen LogP contribution in [-0.4, -0.2) is 205 Å². The Morgan fingerprint density at radius 2 is 0.652 bits per heavy atom. The van der Waals surface area contributed by atoms with Crippen molar-refractivity contribution in [2.75, 3.05) is 26.4 Å². The van der Waals surface area contributed by atoms with Crippen LogP contribution < -0.4 is 0 Å². The number of hydrogen-bond acceptors (Lipinski definition) is 24. The zero-order valence-corrected chi connectivity index (χ0v) is 72.5. The molecule has 26 heteroatoms. The first-order valence-electron chi connectivity index (χ1n) is 46.1. The van der Waals surface area contributed by atoms with Crippen molar-refractivity contribution in [3.8, 4) is 0 Å². The minimum atomic E-state index is -5.81. The van der Waals surface area contributed by atoms with Crippen LogP contribution in [0.15, 0.2) is 24.3 Å². The van der Waals surface area contributed by atoms with Gasteiger partial charge in [-0.15, -0.1) is 0 Å². The summed E-state index contributed by atoms with van der Waals surface area (Å²) in [5.41, 5.74) is 0. The summed E-state index contributed by atoms with van der Waals surface area (Å²) in [5, 5.41) is 102. The fourth-order valence-electron chi connectivity index (χ4n) is 15.1. The lowest BCUT2D eigenvalue weighted by molar-refractivity contribution is -0.360. The maximum Gasteiger partial charge on any atom is 0.472 e. The van der Waals surface area contributed by atoms with Gasteiger partial charge in [-0.25, -0.2) is 4.57 Å². The van der Waals surface area contributed by atoms with Crippen LogP contribution in [-0.2, 0) is 70.7 Å². The monoisotopic (exact) mass is 1660 g/mol. The minimum absolute atomic E-state index is 0.0166. The summed E-state index contributed by atoms with van der Waals surface area (Å²) in [6.07, 6.45) is 27.5. The highest BCUT2D eigenvalue weighted by molar-refractivity contribution is 7.47. The van der Waals surface area contributed by atoms with Crippen molar-refractivity contribution < 1.29 is 122 Å². The number of allylic oxidation sites excluding steroid dienone is 4. The van der Waals surface area contributed by atoms with E-state index < -0.39 is 162 Å². The average Bonchev–Trinajstić information content (AvgIpc) is 0.755. The van der Waals surface area contributed by atoms with E-state index in [1.165, 1.54) is 141 Å². The summed E-state index contributed by atoms with van der Waals surface area (Å²) in [4.78, 5) is 66.4. The Morgan fingerprint density at radius 3 is 1.04 bits per heavy atom. The highest BCUT2D eigenvalue weighted by Crippen LogP contribution is 2.49. The number of phosphoric acid groups is 1. The normalized spacial score (nSPS) is 25.3. The van der Waals surface area contributed by atoms with Crippen LogP contribution in [0.5, 0.6) is 0 Å². The number of ether oxygens (including phenoxy) is 8. The number of rotatable bonds is 74. The van der Waals surface area contributed by atoms with Crippen molar-refractivity contribution >= 4 is 31.7 Å². The van der Waals surface area contributed by atoms with Gasteiger partial charge in [-0.2, -0.15) is 0 Å². The van der Waals surface area contributed by atoms with E-state index in [9.17, 15) is 74.6 Å². The number of carbonyl (C=O) groups is 4. The van der Waals surface area contributed by atoms with Crippen LogP contribution in [0.2, 0.25) is 0 Å². The second-order valence-corrected chi connectivity index (χ2v) is 34.2. The molecule has 25 nitrogen and oxygen atoms in total. The summed E-state index contributed by atoms with van der Waals surface area (Å²) in [5.74, 6) is -2.97. The highest BCUT2D eigenvalue weighted by atomic mass is 31.2. The first-order valence-corrected chi connectivity index (χ1v) is 47.6. The van der Waals surface area contributed by atoms with Gasteiger partial charge in [-0.3, -0.25) is 28.2 Å². The Hall–Kier alpha value is -3.05. The van der Waals surface area contributed by atoms with E-state index in [2.05, 4.69) is 52.0 Å². The molecule has 674 valence electrons. The van der Waals surface area contributed by atoms with Crippen molar-refractivity contribution in [1.29, 1.82) is 0 Å². The summed E-state index contributed by atoms with van der Waals surface area (Å²) in [6.45, 7) is 5.56. The first kappa shape index (κ1) is 106. The van der Waals surface area contributed by atoms with Crippen LogP contribution in [0.4, 0.5) is 0 Å². The number of carbonyl (C=O) groups excluding carboxylic acids is 4. The largest absolute Gasteiger partial charge is 0.472 e. The molecule has 3 aliphatic rings. The van der Waals surface area contributed by atoms with E-state index in [1.807, 2.05) is 0 Å². The smallest absolute Gasteiger partial charge is 0.463 e. The molecule has 10 N–H and O–H groups in total. The molecule has 115 heavy (non-hydrogen) atoms. The predicted molar refractivity (Wildman–Crippen MR) is 444 cm³/mol. The van der Waals surface area contributed by atoms with Crippen molar-refractivity contribution in [1.82, 2.24) is 0 Å². The third-order valence-electron chi connectivity index (χ3n) is 22.4. The first-order chi connectivity index (χ1) is 55.7. The molecule has 0 radical (unpaired) electrons. The third kappa shape index (κ3) is 49.0. The van der Waals surface area contributed by atoms with E-state index in [-0.39, 0.29) is 25.7 Å². The summed E-state index contributed by atoms with van der Waals surface area (Å²) in [6, 6.07) is 0. The molecule has 0 aromatic carbocycles. The zero-order chi connectivity index (χ0) is 84.0. The lowest BCUT2D eigenvalue weighted by Gasteiger charge is -2.50. The third-order valence-corrected chi connectivity index (χ3v) is 23.4. The quantitative estimate of drug-likeness (QED) is 0.00889. The van der Waals surface area contributed by atoms with Gasteiger partial charge in [0.25, 0.3) is 0 Å². The Bertz CT molecular complexity index is 2490. The molecular weight excluding hydrogens is 1500 g/mol. The number of phosphoric ester groups is 1. The fourth-order valence-corrected chi connectivity index (χ4v) is 16.0. The van der Waals surface area contributed by atoms with Crippen molar-refractivity contribution in [2.24, 2.45) is 0 Å². The molecule has 1 aliphatic carbocycles. The van der Waals surface area contributed by atoms with E-state index >= 15 is 0 Å². The molecule has 18 unspecified atom stereocenters. The number of esters is 4. The maximum absolute atomic E-state index is 14.9. The van der Waals surface area contributed by atoms with Gasteiger partial charge in [0.2, 0.25) is 0 Å². The topological polar surface area (TPSA) is 380 Å². The summed E-state index contributed by atoms with van der Waals surface area (Å²) < 4.78 is 73.3. The molecule has 0 aromatic rings. The SMILES string of the molecule is CCCCCC/C=C\CCCCCCCCCC(=O)OCC(COP(=O)(O)OC1C(OC2OC(CO)C(O)C(O)C2O)C(O)C(O)C(OC(=O)CCCCCCCCC/C=C\CCCCCC)C1OC1OC(COC(=O)CCCCCCCCCCCCCCC)C(O)C(O)C1O)OC(=O)CCCCCCCCCCCCCCC.